The van der Waals surface area contributed by atoms with Gasteiger partial charge in [0.1, 0.15) is 19.3 Å². The Balaban J connectivity index is 5.24. The van der Waals surface area contributed by atoms with Crippen molar-refractivity contribution in [2.24, 2.45) is 11.8 Å². The van der Waals surface area contributed by atoms with E-state index in [-0.39, 0.29) is 25.7 Å². The number of hydrogen-bond acceptors (Lipinski definition) is 15. The van der Waals surface area contributed by atoms with Gasteiger partial charge in [-0.2, -0.15) is 0 Å². The lowest BCUT2D eigenvalue weighted by atomic mass is 10.0. The van der Waals surface area contributed by atoms with Crippen LogP contribution in [0.5, 0.6) is 0 Å². The third-order valence-corrected chi connectivity index (χ3v) is 20.1. The Morgan fingerprint density at radius 3 is 0.701 bits per heavy atom. The summed E-state index contributed by atoms with van der Waals surface area (Å²) in [6, 6.07) is 0. The smallest absolute Gasteiger partial charge is 0.462 e. The fourth-order valence-corrected chi connectivity index (χ4v) is 13.6. The summed E-state index contributed by atoms with van der Waals surface area (Å²) in [7, 11) is -9.91. The maximum Gasteiger partial charge on any atom is 0.472 e. The lowest BCUT2D eigenvalue weighted by molar-refractivity contribution is -0.161. The fraction of sp³-hybridized carbons (Fsp3) is 0.949. The minimum atomic E-state index is -4.96. The normalized spacial score (nSPS) is 14.0. The van der Waals surface area contributed by atoms with E-state index in [4.69, 9.17) is 37.0 Å². The summed E-state index contributed by atoms with van der Waals surface area (Å²) in [6.45, 7) is 9.55. The van der Waals surface area contributed by atoms with Crippen LogP contribution < -0.4 is 0 Å². The lowest BCUT2D eigenvalue weighted by Gasteiger charge is -2.21. The number of ether oxygens (including phenoxy) is 4. The average molecular weight is 1420 g/mol. The van der Waals surface area contributed by atoms with Crippen LogP contribution in [0.2, 0.25) is 0 Å². The van der Waals surface area contributed by atoms with E-state index in [0.717, 1.165) is 102 Å². The van der Waals surface area contributed by atoms with Crippen LogP contribution in [-0.2, 0) is 65.4 Å². The van der Waals surface area contributed by atoms with Crippen molar-refractivity contribution in [3.05, 3.63) is 0 Å². The standard InChI is InChI=1S/C78H152O17P2/c1-7-9-11-13-15-17-19-21-23-24-25-26-28-30-32-36-44-50-56-62-77(82)94-73(66-88-75(80)60-54-48-42-35-31-29-27-22-20-18-16-14-12-10-8-2)68-92-96(84,85)90-64-72(79)65-91-97(86,87)93-69-74(67-89-76(81)61-55-49-43-39-38-41-47-53-59-71(5)6)95-78(83)63-57-51-45-37-33-34-40-46-52-58-70(3)4/h70-74,79H,7-69H2,1-6H3,(H,84,85)(H,86,87)/t72-,73-,74-/m1/s1. The van der Waals surface area contributed by atoms with Gasteiger partial charge in [-0.15, -0.1) is 0 Å². The third kappa shape index (κ3) is 72.2. The van der Waals surface area contributed by atoms with E-state index in [1.807, 2.05) is 0 Å². The number of unbranched alkanes of at least 4 members (excludes halogenated alkanes) is 47. The van der Waals surface area contributed by atoms with E-state index >= 15 is 0 Å². The first-order chi connectivity index (χ1) is 46.9. The molecule has 0 amide bonds. The molecule has 0 aliphatic heterocycles. The second kappa shape index (κ2) is 69.8. The van der Waals surface area contributed by atoms with E-state index in [9.17, 15) is 43.2 Å². The third-order valence-electron chi connectivity index (χ3n) is 18.2. The summed E-state index contributed by atoms with van der Waals surface area (Å²) in [4.78, 5) is 72.9. The molecule has 0 rings (SSSR count). The van der Waals surface area contributed by atoms with Crippen molar-refractivity contribution < 1.29 is 80.2 Å². The van der Waals surface area contributed by atoms with Gasteiger partial charge in [0.15, 0.2) is 12.2 Å². The van der Waals surface area contributed by atoms with E-state index in [0.29, 0.717) is 25.7 Å². The topological polar surface area (TPSA) is 237 Å². The highest BCUT2D eigenvalue weighted by Gasteiger charge is 2.30. The maximum absolute atomic E-state index is 13.1. The number of hydrogen-bond donors (Lipinski definition) is 3. The van der Waals surface area contributed by atoms with Gasteiger partial charge >= 0.3 is 39.5 Å². The Hall–Kier alpha value is -1.94. The fourth-order valence-electron chi connectivity index (χ4n) is 12.0. The molecular weight excluding hydrogens is 1270 g/mol. The van der Waals surface area contributed by atoms with Gasteiger partial charge in [0.2, 0.25) is 0 Å². The van der Waals surface area contributed by atoms with Gasteiger partial charge < -0.3 is 33.8 Å². The molecule has 97 heavy (non-hydrogen) atoms. The summed E-state index contributed by atoms with van der Waals surface area (Å²) in [6.07, 6.45) is 58.3. The van der Waals surface area contributed by atoms with Gasteiger partial charge in [-0.05, 0) is 37.5 Å². The molecule has 576 valence electrons. The zero-order chi connectivity index (χ0) is 71.4. The second-order valence-corrected chi connectivity index (χ2v) is 32.0. The van der Waals surface area contributed by atoms with Crippen LogP contribution in [0, 0.1) is 11.8 Å². The van der Waals surface area contributed by atoms with Crippen molar-refractivity contribution in [1.29, 1.82) is 0 Å². The van der Waals surface area contributed by atoms with Crippen LogP contribution in [0.25, 0.3) is 0 Å². The van der Waals surface area contributed by atoms with E-state index < -0.39 is 97.5 Å². The summed E-state index contributed by atoms with van der Waals surface area (Å²) in [5.74, 6) is -0.651. The van der Waals surface area contributed by atoms with Crippen LogP contribution in [0.15, 0.2) is 0 Å². The van der Waals surface area contributed by atoms with Crippen molar-refractivity contribution in [1.82, 2.24) is 0 Å². The summed E-state index contributed by atoms with van der Waals surface area (Å²) >= 11 is 0. The summed E-state index contributed by atoms with van der Waals surface area (Å²) in [5, 5.41) is 10.6. The molecule has 0 radical (unpaired) electrons. The molecule has 0 aliphatic carbocycles. The predicted molar refractivity (Wildman–Crippen MR) is 395 cm³/mol. The van der Waals surface area contributed by atoms with Crippen molar-refractivity contribution in [2.75, 3.05) is 39.6 Å². The van der Waals surface area contributed by atoms with Crippen molar-refractivity contribution in [3.63, 3.8) is 0 Å². The number of carbonyl (C=O) groups is 4. The SMILES string of the molecule is CCCCCCCCCCCCCCCCCCCCCC(=O)O[C@H](COC(=O)CCCCCCCCCCCCCCCCC)COP(=O)(O)OC[C@@H](O)COP(=O)(O)OC[C@@H](COC(=O)CCCCCCCCCCC(C)C)OC(=O)CCCCCCCCCCCC(C)C. The number of aliphatic hydroxyl groups excluding tert-OH is 1. The number of esters is 4. The molecule has 0 heterocycles. The highest BCUT2D eigenvalue weighted by Crippen LogP contribution is 2.45. The summed E-state index contributed by atoms with van der Waals surface area (Å²) in [5.41, 5.74) is 0. The molecule has 0 bridgehead atoms. The molecule has 19 heteroatoms. The molecule has 3 N–H and O–H groups in total. The van der Waals surface area contributed by atoms with Gasteiger partial charge in [0, 0.05) is 25.7 Å². The van der Waals surface area contributed by atoms with E-state index in [2.05, 4.69) is 41.5 Å². The molecule has 0 aromatic carbocycles. The minimum Gasteiger partial charge on any atom is -0.462 e. The van der Waals surface area contributed by atoms with Crippen molar-refractivity contribution in [2.45, 2.75) is 426 Å². The first-order valence-corrected chi connectivity index (χ1v) is 43.5. The highest BCUT2D eigenvalue weighted by molar-refractivity contribution is 7.47. The molecule has 0 aromatic rings. The Labute approximate surface area is 594 Å². The molecule has 5 atom stereocenters. The molecule has 17 nitrogen and oxygen atoms in total. The first kappa shape index (κ1) is 95.1. The Morgan fingerprint density at radius 1 is 0.278 bits per heavy atom. The molecule has 0 aliphatic rings. The summed E-state index contributed by atoms with van der Waals surface area (Å²) < 4.78 is 68.6. The van der Waals surface area contributed by atoms with Crippen LogP contribution in [0.3, 0.4) is 0 Å². The van der Waals surface area contributed by atoms with Gasteiger partial charge in [-0.3, -0.25) is 37.3 Å². The van der Waals surface area contributed by atoms with Gasteiger partial charge in [0.05, 0.1) is 26.4 Å². The zero-order valence-corrected chi connectivity index (χ0v) is 65.2. The Morgan fingerprint density at radius 2 is 0.474 bits per heavy atom. The van der Waals surface area contributed by atoms with E-state index in [1.54, 1.807) is 0 Å². The zero-order valence-electron chi connectivity index (χ0n) is 63.4. The van der Waals surface area contributed by atoms with Gasteiger partial charge in [-0.1, -0.05) is 356 Å². The number of phosphoric ester groups is 2. The minimum absolute atomic E-state index is 0.105. The second-order valence-electron chi connectivity index (χ2n) is 29.1. The predicted octanol–water partition coefficient (Wildman–Crippen LogP) is 23.1. The molecule has 2 unspecified atom stereocenters. The molecule has 0 saturated heterocycles. The number of phosphoric acid groups is 2. The quantitative estimate of drug-likeness (QED) is 0.0222. The Kier molecular flexibility index (Phi) is 68.4. The molecule has 0 spiro atoms. The van der Waals surface area contributed by atoms with Crippen LogP contribution in [0.1, 0.15) is 408 Å². The van der Waals surface area contributed by atoms with Crippen LogP contribution in [-0.4, -0.2) is 96.7 Å². The van der Waals surface area contributed by atoms with Crippen molar-refractivity contribution in [3.8, 4) is 0 Å². The van der Waals surface area contributed by atoms with Crippen LogP contribution >= 0.6 is 15.6 Å². The molecule has 0 aromatic heterocycles. The van der Waals surface area contributed by atoms with Crippen LogP contribution in [0.4, 0.5) is 0 Å². The van der Waals surface area contributed by atoms with E-state index in [1.165, 1.54) is 225 Å². The average Bonchev–Trinajstić information content (AvgIpc) is 1.21. The van der Waals surface area contributed by atoms with Gasteiger partial charge in [-0.25, -0.2) is 9.13 Å². The van der Waals surface area contributed by atoms with Crippen molar-refractivity contribution >= 4 is 39.5 Å². The maximum atomic E-state index is 13.1. The number of rotatable bonds is 77. The molecular formula is C78H152O17P2. The largest absolute Gasteiger partial charge is 0.472 e. The van der Waals surface area contributed by atoms with Gasteiger partial charge in [0.25, 0.3) is 0 Å². The Bertz CT molecular complexity index is 1870. The lowest BCUT2D eigenvalue weighted by Crippen LogP contribution is -2.30. The first-order valence-electron chi connectivity index (χ1n) is 40.5. The monoisotopic (exact) mass is 1420 g/mol. The molecule has 0 saturated carbocycles. The molecule has 0 fully saturated rings. The number of carbonyl (C=O) groups excluding carboxylic acids is 4. The number of aliphatic hydroxyl groups is 1. The highest BCUT2D eigenvalue weighted by atomic mass is 31.2.